The summed E-state index contributed by atoms with van der Waals surface area (Å²) in [6.45, 7) is 4.48. The third kappa shape index (κ3) is 1.34. The van der Waals surface area contributed by atoms with Crippen LogP contribution in [0, 0.1) is 5.41 Å². The first kappa shape index (κ1) is 7.73. The molecule has 0 unspecified atom stereocenters. The van der Waals surface area contributed by atoms with Gasteiger partial charge in [0, 0.05) is 26.6 Å². The molecule has 1 saturated heterocycles. The highest BCUT2D eigenvalue weighted by Crippen LogP contribution is 2.25. The van der Waals surface area contributed by atoms with Crippen molar-refractivity contribution < 1.29 is 0 Å². The van der Waals surface area contributed by atoms with Crippen LogP contribution in [-0.4, -0.2) is 28.1 Å². The Morgan fingerprint density at radius 3 is 2.83 bits per heavy atom. The van der Waals surface area contributed by atoms with Crippen molar-refractivity contribution in [3.05, 3.63) is 11.9 Å². The summed E-state index contributed by atoms with van der Waals surface area (Å²) < 4.78 is 0. The smallest absolute Gasteiger partial charge is 0.0833 e. The summed E-state index contributed by atoms with van der Waals surface area (Å²) in [5.74, 6) is 0. The van der Waals surface area contributed by atoms with Gasteiger partial charge in [0.25, 0.3) is 0 Å². The van der Waals surface area contributed by atoms with Crippen LogP contribution in [0.5, 0.6) is 0 Å². The SMILES string of the molecule is Cn1ncc(CC2(C)CNC2)n1. The number of hydrogen-bond acceptors (Lipinski definition) is 3. The molecule has 0 radical (unpaired) electrons. The van der Waals surface area contributed by atoms with Gasteiger partial charge < -0.3 is 5.32 Å². The van der Waals surface area contributed by atoms with Gasteiger partial charge >= 0.3 is 0 Å². The molecule has 0 bridgehead atoms. The van der Waals surface area contributed by atoms with Gasteiger partial charge in [0.05, 0.1) is 11.9 Å². The highest BCUT2D eigenvalue weighted by Gasteiger charge is 2.32. The lowest BCUT2D eigenvalue weighted by Crippen LogP contribution is -2.52. The van der Waals surface area contributed by atoms with Gasteiger partial charge in [-0.05, 0) is 5.41 Å². The fraction of sp³-hybridized carbons (Fsp3) is 0.750. The van der Waals surface area contributed by atoms with E-state index in [9.17, 15) is 0 Å². The fourth-order valence-corrected chi connectivity index (χ4v) is 1.58. The summed E-state index contributed by atoms with van der Waals surface area (Å²) in [6.07, 6.45) is 2.89. The minimum Gasteiger partial charge on any atom is -0.316 e. The first-order valence-electron chi connectivity index (χ1n) is 4.24. The van der Waals surface area contributed by atoms with Crippen LogP contribution in [0.15, 0.2) is 6.20 Å². The van der Waals surface area contributed by atoms with Gasteiger partial charge in [0.1, 0.15) is 0 Å². The van der Waals surface area contributed by atoms with Crippen molar-refractivity contribution in [2.24, 2.45) is 12.5 Å². The van der Waals surface area contributed by atoms with Crippen molar-refractivity contribution in [1.82, 2.24) is 20.3 Å². The first-order valence-corrected chi connectivity index (χ1v) is 4.24. The average molecular weight is 166 g/mol. The average Bonchev–Trinajstić information content (AvgIpc) is 2.32. The van der Waals surface area contributed by atoms with Crippen molar-refractivity contribution in [3.8, 4) is 0 Å². The Hall–Kier alpha value is -0.900. The zero-order chi connectivity index (χ0) is 8.60. The predicted molar refractivity (Wildman–Crippen MR) is 45.7 cm³/mol. The predicted octanol–water partition coefficient (Wildman–Crippen LogP) is -0.0329. The molecule has 2 rings (SSSR count). The van der Waals surface area contributed by atoms with Gasteiger partial charge in [-0.25, -0.2) is 0 Å². The van der Waals surface area contributed by atoms with E-state index in [-0.39, 0.29) is 0 Å². The Morgan fingerprint density at radius 2 is 2.42 bits per heavy atom. The van der Waals surface area contributed by atoms with Crippen LogP contribution in [-0.2, 0) is 13.5 Å². The number of aromatic nitrogens is 3. The van der Waals surface area contributed by atoms with E-state index in [2.05, 4.69) is 22.4 Å². The quantitative estimate of drug-likeness (QED) is 0.670. The molecule has 0 saturated carbocycles. The summed E-state index contributed by atoms with van der Waals surface area (Å²) in [5, 5.41) is 11.6. The maximum Gasteiger partial charge on any atom is 0.0833 e. The zero-order valence-electron chi connectivity index (χ0n) is 7.54. The molecule has 1 aliphatic rings. The molecule has 66 valence electrons. The molecule has 1 fully saturated rings. The lowest BCUT2D eigenvalue weighted by atomic mass is 9.80. The van der Waals surface area contributed by atoms with Crippen molar-refractivity contribution in [2.75, 3.05) is 13.1 Å². The van der Waals surface area contributed by atoms with E-state index < -0.39 is 0 Å². The molecule has 0 amide bonds. The molecule has 0 spiro atoms. The summed E-state index contributed by atoms with van der Waals surface area (Å²) in [7, 11) is 1.85. The maximum absolute atomic E-state index is 4.26. The summed E-state index contributed by atoms with van der Waals surface area (Å²) in [4.78, 5) is 1.62. The Labute approximate surface area is 72.0 Å². The third-order valence-electron chi connectivity index (χ3n) is 2.36. The van der Waals surface area contributed by atoms with Crippen LogP contribution < -0.4 is 5.32 Å². The molecule has 4 heteroatoms. The summed E-state index contributed by atoms with van der Waals surface area (Å²) >= 11 is 0. The Bertz CT molecular complexity index is 274. The van der Waals surface area contributed by atoms with Gasteiger partial charge in [-0.1, -0.05) is 6.92 Å². The highest BCUT2D eigenvalue weighted by molar-refractivity contribution is 5.01. The second kappa shape index (κ2) is 2.55. The van der Waals surface area contributed by atoms with E-state index in [4.69, 9.17) is 0 Å². The second-order valence-electron chi connectivity index (χ2n) is 3.92. The van der Waals surface area contributed by atoms with Crippen LogP contribution in [0.25, 0.3) is 0 Å². The van der Waals surface area contributed by atoms with E-state index in [1.807, 2.05) is 13.2 Å². The van der Waals surface area contributed by atoms with E-state index in [1.54, 1.807) is 4.80 Å². The van der Waals surface area contributed by atoms with Crippen molar-refractivity contribution in [2.45, 2.75) is 13.3 Å². The molecule has 12 heavy (non-hydrogen) atoms. The molecule has 1 aromatic rings. The lowest BCUT2D eigenvalue weighted by Gasteiger charge is -2.38. The number of nitrogens with zero attached hydrogens (tertiary/aromatic N) is 3. The Kier molecular flexibility index (Phi) is 1.65. The third-order valence-corrected chi connectivity index (χ3v) is 2.36. The maximum atomic E-state index is 4.26. The first-order chi connectivity index (χ1) is 5.68. The van der Waals surface area contributed by atoms with Crippen molar-refractivity contribution in [3.63, 3.8) is 0 Å². The molecule has 4 nitrogen and oxygen atoms in total. The molecule has 1 aromatic heterocycles. The Morgan fingerprint density at radius 1 is 1.67 bits per heavy atom. The largest absolute Gasteiger partial charge is 0.316 e. The van der Waals surface area contributed by atoms with Crippen molar-refractivity contribution in [1.29, 1.82) is 0 Å². The summed E-state index contributed by atoms with van der Waals surface area (Å²) in [5.41, 5.74) is 1.51. The van der Waals surface area contributed by atoms with Gasteiger partial charge in [-0.3, -0.25) is 0 Å². The normalized spacial score (nSPS) is 20.5. The molecule has 0 aromatic carbocycles. The minimum atomic E-state index is 0.413. The summed E-state index contributed by atoms with van der Waals surface area (Å²) in [6, 6.07) is 0. The van der Waals surface area contributed by atoms with Gasteiger partial charge in [-0.15, -0.1) is 0 Å². The Balaban J connectivity index is 2.03. The minimum absolute atomic E-state index is 0.413. The van der Waals surface area contributed by atoms with Crippen LogP contribution >= 0.6 is 0 Å². The van der Waals surface area contributed by atoms with E-state index in [0.717, 1.165) is 25.2 Å². The molecule has 1 N–H and O–H groups in total. The number of rotatable bonds is 2. The van der Waals surface area contributed by atoms with E-state index >= 15 is 0 Å². The molecular weight excluding hydrogens is 152 g/mol. The number of aryl methyl sites for hydroxylation is 1. The van der Waals surface area contributed by atoms with Crippen molar-refractivity contribution >= 4 is 0 Å². The lowest BCUT2D eigenvalue weighted by molar-refractivity contribution is 0.193. The molecule has 0 atom stereocenters. The second-order valence-corrected chi connectivity index (χ2v) is 3.92. The van der Waals surface area contributed by atoms with Crippen LogP contribution in [0.4, 0.5) is 0 Å². The monoisotopic (exact) mass is 166 g/mol. The van der Waals surface area contributed by atoms with Gasteiger partial charge in [0.2, 0.25) is 0 Å². The topological polar surface area (TPSA) is 42.7 Å². The standard InChI is InChI=1S/C8H14N4/c1-8(5-9-6-8)3-7-4-10-12(2)11-7/h4,9H,3,5-6H2,1-2H3. The fourth-order valence-electron chi connectivity index (χ4n) is 1.58. The molecule has 1 aliphatic heterocycles. The highest BCUT2D eigenvalue weighted by atomic mass is 15.4. The molecule has 2 heterocycles. The van der Waals surface area contributed by atoms with Gasteiger partial charge in [0.15, 0.2) is 0 Å². The van der Waals surface area contributed by atoms with Crippen LogP contribution in [0.2, 0.25) is 0 Å². The number of nitrogens with one attached hydrogen (secondary N) is 1. The number of hydrogen-bond donors (Lipinski definition) is 1. The van der Waals surface area contributed by atoms with Gasteiger partial charge in [-0.2, -0.15) is 15.0 Å². The molecular formula is C8H14N4. The molecule has 0 aliphatic carbocycles. The zero-order valence-corrected chi connectivity index (χ0v) is 7.54. The van der Waals surface area contributed by atoms with Crippen LogP contribution in [0.3, 0.4) is 0 Å². The van der Waals surface area contributed by atoms with E-state index in [0.29, 0.717) is 5.41 Å². The van der Waals surface area contributed by atoms with E-state index in [1.165, 1.54) is 0 Å². The van der Waals surface area contributed by atoms with Crippen LogP contribution in [0.1, 0.15) is 12.6 Å².